The number of likely N-dealkylation sites (N-methyl/N-ethyl adjacent to an activating group) is 1. The first kappa shape index (κ1) is 12.2. The largest absolute Gasteiger partial charge is 0.370 e. The van der Waals surface area contributed by atoms with Gasteiger partial charge in [0, 0.05) is 19.1 Å². The molecule has 2 rings (SSSR count). The van der Waals surface area contributed by atoms with E-state index >= 15 is 0 Å². The molecule has 0 spiro atoms. The Hall–Kier alpha value is -1.27. The number of rotatable bonds is 3. The van der Waals surface area contributed by atoms with Gasteiger partial charge in [0.2, 0.25) is 0 Å². The molecule has 6 N–H and O–H groups in total. The van der Waals surface area contributed by atoms with E-state index in [0.717, 1.165) is 18.9 Å². The monoisotopic (exact) mass is 238 g/mol. The van der Waals surface area contributed by atoms with Crippen LogP contribution >= 0.6 is 0 Å². The molecular weight excluding hydrogens is 216 g/mol. The first-order valence-electron chi connectivity index (χ1n) is 6.01. The Morgan fingerprint density at radius 2 is 2.24 bits per heavy atom. The second-order valence-corrected chi connectivity index (χ2v) is 5.08. The van der Waals surface area contributed by atoms with Gasteiger partial charge in [-0.05, 0) is 19.0 Å². The molecule has 96 valence electrons. The third-order valence-corrected chi connectivity index (χ3v) is 3.49. The van der Waals surface area contributed by atoms with Crippen LogP contribution in [0, 0.1) is 5.92 Å². The van der Waals surface area contributed by atoms with Crippen LogP contribution in [0.15, 0.2) is 16.9 Å². The van der Waals surface area contributed by atoms with Gasteiger partial charge in [0.1, 0.15) is 11.5 Å². The molecule has 0 aliphatic carbocycles. The third-order valence-electron chi connectivity index (χ3n) is 3.49. The summed E-state index contributed by atoms with van der Waals surface area (Å²) in [4.78, 5) is 6.50. The summed E-state index contributed by atoms with van der Waals surface area (Å²) in [6.45, 7) is 6.03. The molecule has 1 unspecified atom stereocenters. The van der Waals surface area contributed by atoms with Gasteiger partial charge in [0.15, 0.2) is 5.96 Å². The van der Waals surface area contributed by atoms with Crippen LogP contribution < -0.4 is 22.1 Å². The molecule has 0 amide bonds. The number of aliphatic imine (C=N–C) groups is 1. The SMILES string of the molecule is CNC1CN(C2=CC(N)(C(C)C)N=C(N)N2)C1. The van der Waals surface area contributed by atoms with E-state index in [1.54, 1.807) is 0 Å². The average Bonchev–Trinajstić information content (AvgIpc) is 2.14. The molecule has 1 fully saturated rings. The van der Waals surface area contributed by atoms with E-state index in [-0.39, 0.29) is 5.92 Å². The van der Waals surface area contributed by atoms with Crippen molar-refractivity contribution in [2.24, 2.45) is 22.4 Å². The van der Waals surface area contributed by atoms with Crippen molar-refractivity contribution in [1.82, 2.24) is 15.5 Å². The summed E-state index contributed by atoms with van der Waals surface area (Å²) in [6.07, 6.45) is 1.97. The summed E-state index contributed by atoms with van der Waals surface area (Å²) in [5, 5.41) is 6.32. The van der Waals surface area contributed by atoms with Crippen LogP contribution in [0.25, 0.3) is 0 Å². The lowest BCUT2D eigenvalue weighted by atomic mass is 9.95. The number of nitrogens with one attached hydrogen (secondary N) is 2. The summed E-state index contributed by atoms with van der Waals surface area (Å²) < 4.78 is 0. The van der Waals surface area contributed by atoms with E-state index in [9.17, 15) is 0 Å². The summed E-state index contributed by atoms with van der Waals surface area (Å²) in [5.74, 6) is 1.58. The molecule has 0 saturated carbocycles. The molecule has 0 aromatic heterocycles. The lowest BCUT2D eigenvalue weighted by molar-refractivity contribution is 0.166. The molecule has 1 saturated heterocycles. The zero-order valence-corrected chi connectivity index (χ0v) is 10.7. The molecule has 0 radical (unpaired) electrons. The summed E-state index contributed by atoms with van der Waals surface area (Å²) in [7, 11) is 1.97. The Kier molecular flexibility index (Phi) is 3.01. The van der Waals surface area contributed by atoms with Gasteiger partial charge < -0.3 is 27.0 Å². The Balaban J connectivity index is 2.11. The van der Waals surface area contributed by atoms with Crippen molar-refractivity contribution in [2.75, 3.05) is 20.1 Å². The predicted octanol–water partition coefficient (Wildman–Crippen LogP) is -1.04. The molecular formula is C11H22N6. The maximum Gasteiger partial charge on any atom is 0.196 e. The van der Waals surface area contributed by atoms with E-state index in [2.05, 4.69) is 20.5 Å². The highest BCUT2D eigenvalue weighted by Crippen LogP contribution is 2.24. The Labute approximate surface area is 102 Å². The number of nitrogens with two attached hydrogens (primary N) is 2. The van der Waals surface area contributed by atoms with Crippen molar-refractivity contribution in [2.45, 2.75) is 25.6 Å². The topological polar surface area (TPSA) is 91.7 Å². The fraction of sp³-hybridized carbons (Fsp3) is 0.727. The minimum absolute atomic E-state index is 0.208. The number of hydrogen-bond donors (Lipinski definition) is 4. The van der Waals surface area contributed by atoms with Crippen molar-refractivity contribution in [3.63, 3.8) is 0 Å². The molecule has 0 aromatic carbocycles. The number of nitrogens with zero attached hydrogens (tertiary/aromatic N) is 2. The quantitative estimate of drug-likeness (QED) is 0.504. The van der Waals surface area contributed by atoms with Crippen molar-refractivity contribution in [3.05, 3.63) is 11.9 Å². The zero-order valence-electron chi connectivity index (χ0n) is 10.7. The molecule has 0 bridgehead atoms. The molecule has 6 heteroatoms. The van der Waals surface area contributed by atoms with Gasteiger partial charge >= 0.3 is 0 Å². The van der Waals surface area contributed by atoms with Crippen LogP contribution in [0.4, 0.5) is 0 Å². The number of guanidine groups is 1. The standard InChI is InChI=1S/C11H22N6/c1-7(2)11(13)4-9(15-10(12)16-11)17-5-8(6-17)14-3/h4,7-8,14H,5-6,13H2,1-3H3,(H3,12,15,16). The van der Waals surface area contributed by atoms with Gasteiger partial charge in [-0.25, -0.2) is 4.99 Å². The maximum absolute atomic E-state index is 6.24. The van der Waals surface area contributed by atoms with Crippen LogP contribution in [-0.2, 0) is 0 Å². The molecule has 2 aliphatic rings. The van der Waals surface area contributed by atoms with Crippen LogP contribution in [0.2, 0.25) is 0 Å². The van der Waals surface area contributed by atoms with Crippen LogP contribution in [-0.4, -0.2) is 42.7 Å². The molecule has 2 heterocycles. The minimum Gasteiger partial charge on any atom is -0.370 e. The van der Waals surface area contributed by atoms with Gasteiger partial charge in [-0.15, -0.1) is 0 Å². The number of likely N-dealkylation sites (tertiary alicyclic amines) is 1. The highest BCUT2D eigenvalue weighted by atomic mass is 15.4. The molecule has 6 nitrogen and oxygen atoms in total. The summed E-state index contributed by atoms with van der Waals surface area (Å²) >= 11 is 0. The Morgan fingerprint density at radius 1 is 1.59 bits per heavy atom. The van der Waals surface area contributed by atoms with Gasteiger partial charge in [-0.3, -0.25) is 0 Å². The normalized spacial score (nSPS) is 29.6. The first-order chi connectivity index (χ1) is 7.94. The van der Waals surface area contributed by atoms with E-state index in [0.29, 0.717) is 12.0 Å². The van der Waals surface area contributed by atoms with Crippen LogP contribution in [0.3, 0.4) is 0 Å². The zero-order chi connectivity index (χ0) is 12.6. The van der Waals surface area contributed by atoms with Gasteiger partial charge in [-0.1, -0.05) is 13.8 Å². The van der Waals surface area contributed by atoms with Gasteiger partial charge in [0.25, 0.3) is 0 Å². The molecule has 0 aromatic rings. The van der Waals surface area contributed by atoms with Gasteiger partial charge in [0.05, 0.1) is 0 Å². The summed E-state index contributed by atoms with van der Waals surface area (Å²) in [6, 6.07) is 0.545. The van der Waals surface area contributed by atoms with Crippen molar-refractivity contribution in [1.29, 1.82) is 0 Å². The van der Waals surface area contributed by atoms with Crippen molar-refractivity contribution < 1.29 is 0 Å². The Bertz CT molecular complexity index is 355. The average molecular weight is 238 g/mol. The van der Waals surface area contributed by atoms with Crippen LogP contribution in [0.5, 0.6) is 0 Å². The lowest BCUT2D eigenvalue weighted by Gasteiger charge is -2.44. The van der Waals surface area contributed by atoms with Crippen molar-refractivity contribution >= 4 is 5.96 Å². The lowest BCUT2D eigenvalue weighted by Crippen LogP contribution is -2.61. The highest BCUT2D eigenvalue weighted by molar-refractivity contribution is 5.81. The second-order valence-electron chi connectivity index (χ2n) is 5.08. The number of hydrogen-bond acceptors (Lipinski definition) is 6. The van der Waals surface area contributed by atoms with E-state index in [1.807, 2.05) is 27.0 Å². The van der Waals surface area contributed by atoms with E-state index in [1.165, 1.54) is 0 Å². The maximum atomic E-state index is 6.24. The summed E-state index contributed by atoms with van der Waals surface area (Å²) in [5.41, 5.74) is 11.3. The van der Waals surface area contributed by atoms with Gasteiger partial charge in [-0.2, -0.15) is 0 Å². The smallest absolute Gasteiger partial charge is 0.196 e. The highest BCUT2D eigenvalue weighted by Gasteiger charge is 2.35. The van der Waals surface area contributed by atoms with Crippen molar-refractivity contribution in [3.8, 4) is 0 Å². The van der Waals surface area contributed by atoms with Crippen LogP contribution in [0.1, 0.15) is 13.8 Å². The fourth-order valence-electron chi connectivity index (χ4n) is 1.98. The molecule has 1 atom stereocenters. The predicted molar refractivity (Wildman–Crippen MR) is 69.0 cm³/mol. The first-order valence-corrected chi connectivity index (χ1v) is 6.01. The van der Waals surface area contributed by atoms with E-state index in [4.69, 9.17) is 11.5 Å². The molecule has 17 heavy (non-hydrogen) atoms. The molecule has 2 aliphatic heterocycles. The second kappa shape index (κ2) is 4.19. The fourth-order valence-corrected chi connectivity index (χ4v) is 1.98. The minimum atomic E-state index is -0.699. The third kappa shape index (κ3) is 2.23. The Morgan fingerprint density at radius 3 is 2.76 bits per heavy atom. The van der Waals surface area contributed by atoms with E-state index < -0.39 is 5.66 Å².